The van der Waals surface area contributed by atoms with Gasteiger partial charge < -0.3 is 15.3 Å². The molecule has 0 aromatic heterocycles. The van der Waals surface area contributed by atoms with Crippen molar-refractivity contribution in [2.24, 2.45) is 17.3 Å². The van der Waals surface area contributed by atoms with Crippen LogP contribution in [0.5, 0.6) is 0 Å². The zero-order valence-electron chi connectivity index (χ0n) is 11.1. The van der Waals surface area contributed by atoms with Crippen molar-refractivity contribution in [3.63, 3.8) is 0 Å². The molecule has 2 fully saturated rings. The predicted octanol–water partition coefficient (Wildman–Crippen LogP) is 1.54. The maximum absolute atomic E-state index is 12.0. The Morgan fingerprint density at radius 1 is 1.39 bits per heavy atom. The fraction of sp³-hybridized carbons (Fsp3) is 0.846. The van der Waals surface area contributed by atoms with Crippen LogP contribution >= 0.6 is 0 Å². The van der Waals surface area contributed by atoms with Gasteiger partial charge in [-0.15, -0.1) is 0 Å². The summed E-state index contributed by atoms with van der Waals surface area (Å²) in [4.78, 5) is 24.6. The molecule has 5 heteroatoms. The van der Waals surface area contributed by atoms with Gasteiger partial charge in [-0.25, -0.2) is 4.79 Å². The van der Waals surface area contributed by atoms with Crippen molar-refractivity contribution < 1.29 is 14.7 Å². The molecule has 1 aliphatic heterocycles. The van der Waals surface area contributed by atoms with Crippen LogP contribution in [0.4, 0.5) is 4.79 Å². The van der Waals surface area contributed by atoms with E-state index in [4.69, 9.17) is 5.11 Å². The van der Waals surface area contributed by atoms with Crippen molar-refractivity contribution in [3.8, 4) is 0 Å². The molecular weight excluding hydrogens is 232 g/mol. The van der Waals surface area contributed by atoms with Gasteiger partial charge in [0.1, 0.15) is 0 Å². The number of amides is 2. The van der Waals surface area contributed by atoms with Gasteiger partial charge in [-0.3, -0.25) is 4.79 Å². The normalized spacial score (nSPS) is 29.1. The minimum absolute atomic E-state index is 0.0364. The number of aliphatic carboxylic acids is 1. The molecule has 1 aliphatic carbocycles. The molecule has 0 bridgehead atoms. The van der Waals surface area contributed by atoms with Crippen LogP contribution in [0.1, 0.15) is 33.1 Å². The Morgan fingerprint density at radius 2 is 2.06 bits per heavy atom. The molecule has 2 N–H and O–H groups in total. The number of carboxylic acid groups (broad SMARTS) is 1. The summed E-state index contributed by atoms with van der Waals surface area (Å²) in [5, 5.41) is 12.0. The van der Waals surface area contributed by atoms with Gasteiger partial charge in [-0.1, -0.05) is 13.8 Å². The Morgan fingerprint density at radius 3 is 2.50 bits per heavy atom. The number of hydrogen-bond donors (Lipinski definition) is 2. The van der Waals surface area contributed by atoms with Crippen molar-refractivity contribution in [1.29, 1.82) is 0 Å². The summed E-state index contributed by atoms with van der Waals surface area (Å²) in [5.74, 6) is -1.18. The highest BCUT2D eigenvalue weighted by Gasteiger charge is 2.42. The van der Waals surface area contributed by atoms with Gasteiger partial charge in [0.15, 0.2) is 0 Å². The third kappa shape index (κ3) is 2.60. The summed E-state index contributed by atoms with van der Waals surface area (Å²) < 4.78 is 0. The topological polar surface area (TPSA) is 69.6 Å². The van der Waals surface area contributed by atoms with E-state index in [1.807, 2.05) is 6.92 Å². The van der Waals surface area contributed by atoms with Gasteiger partial charge in [0.25, 0.3) is 0 Å². The molecule has 1 saturated heterocycles. The Kier molecular flexibility index (Phi) is 3.50. The van der Waals surface area contributed by atoms with E-state index in [9.17, 15) is 9.59 Å². The largest absolute Gasteiger partial charge is 0.481 e. The number of hydrogen-bond acceptors (Lipinski definition) is 2. The maximum atomic E-state index is 12.0. The summed E-state index contributed by atoms with van der Waals surface area (Å²) in [6.07, 6.45) is 3.48. The monoisotopic (exact) mass is 254 g/mol. The number of likely N-dealkylation sites (tertiary alicyclic amines) is 1. The zero-order chi connectivity index (χ0) is 13.3. The van der Waals surface area contributed by atoms with Gasteiger partial charge in [0.05, 0.1) is 5.92 Å². The lowest BCUT2D eigenvalue weighted by molar-refractivity contribution is -0.142. The van der Waals surface area contributed by atoms with Crippen LogP contribution in [0, 0.1) is 17.3 Å². The highest BCUT2D eigenvalue weighted by molar-refractivity contribution is 5.77. The smallest absolute Gasteiger partial charge is 0.317 e. The van der Waals surface area contributed by atoms with E-state index in [-0.39, 0.29) is 11.9 Å². The van der Waals surface area contributed by atoms with Crippen LogP contribution in [0.15, 0.2) is 0 Å². The first-order valence-corrected chi connectivity index (χ1v) is 6.73. The first kappa shape index (κ1) is 13.2. The first-order chi connectivity index (χ1) is 8.47. The molecule has 0 aromatic carbocycles. The highest BCUT2D eigenvalue weighted by Crippen LogP contribution is 2.47. The molecule has 2 atom stereocenters. The molecule has 2 aliphatic rings. The van der Waals surface area contributed by atoms with Gasteiger partial charge >= 0.3 is 12.0 Å². The second-order valence-electron chi connectivity index (χ2n) is 5.84. The molecular formula is C13H22N2O3. The number of nitrogens with zero attached hydrogens (tertiary/aromatic N) is 1. The minimum Gasteiger partial charge on any atom is -0.481 e. The van der Waals surface area contributed by atoms with E-state index in [1.54, 1.807) is 4.90 Å². The molecule has 2 unspecified atom stereocenters. The van der Waals surface area contributed by atoms with E-state index in [0.717, 1.165) is 13.0 Å². The van der Waals surface area contributed by atoms with Crippen molar-refractivity contribution >= 4 is 12.0 Å². The second-order valence-corrected chi connectivity index (χ2v) is 5.84. The molecule has 5 nitrogen and oxygen atoms in total. The fourth-order valence-corrected chi connectivity index (χ4v) is 2.66. The van der Waals surface area contributed by atoms with E-state index in [1.165, 1.54) is 12.8 Å². The molecule has 0 spiro atoms. The lowest BCUT2D eigenvalue weighted by Crippen LogP contribution is -2.41. The highest BCUT2D eigenvalue weighted by atomic mass is 16.4. The maximum Gasteiger partial charge on any atom is 0.317 e. The lowest BCUT2D eigenvalue weighted by Gasteiger charge is -2.19. The van der Waals surface area contributed by atoms with Crippen molar-refractivity contribution in [3.05, 3.63) is 0 Å². The van der Waals surface area contributed by atoms with E-state index < -0.39 is 11.9 Å². The Labute approximate surface area is 108 Å². The van der Waals surface area contributed by atoms with Crippen LogP contribution in [-0.4, -0.2) is 41.6 Å². The number of urea groups is 1. The average molecular weight is 254 g/mol. The SMILES string of the molecule is CCC1(CNC(=O)N2CC(C)C(C(=O)O)C2)CC1. The standard InChI is InChI=1S/C13H22N2O3/c1-3-13(4-5-13)8-14-12(18)15-6-9(2)10(7-15)11(16)17/h9-10H,3-8H2,1-2H3,(H,14,18)(H,16,17). The third-order valence-electron chi connectivity index (χ3n) is 4.54. The van der Waals surface area contributed by atoms with Crippen LogP contribution < -0.4 is 5.32 Å². The molecule has 1 saturated carbocycles. The lowest BCUT2D eigenvalue weighted by atomic mass is 9.99. The quantitative estimate of drug-likeness (QED) is 0.799. The summed E-state index contributed by atoms with van der Waals surface area (Å²) in [6, 6.07) is -0.106. The minimum atomic E-state index is -0.801. The van der Waals surface area contributed by atoms with Crippen LogP contribution in [0.2, 0.25) is 0 Å². The number of carbonyl (C=O) groups is 2. The van der Waals surface area contributed by atoms with E-state index >= 15 is 0 Å². The van der Waals surface area contributed by atoms with Gasteiger partial charge in [-0.05, 0) is 30.6 Å². The summed E-state index contributed by atoms with van der Waals surface area (Å²) >= 11 is 0. The Hall–Kier alpha value is -1.26. The molecule has 102 valence electrons. The van der Waals surface area contributed by atoms with Crippen molar-refractivity contribution in [1.82, 2.24) is 10.2 Å². The summed E-state index contributed by atoms with van der Waals surface area (Å²) in [6.45, 7) is 5.65. The molecule has 2 amide bonds. The number of rotatable bonds is 4. The summed E-state index contributed by atoms with van der Waals surface area (Å²) in [5.41, 5.74) is 0.327. The van der Waals surface area contributed by atoms with Gasteiger partial charge in [0, 0.05) is 19.6 Å². The molecule has 18 heavy (non-hydrogen) atoms. The van der Waals surface area contributed by atoms with Crippen molar-refractivity contribution in [2.45, 2.75) is 33.1 Å². The van der Waals surface area contributed by atoms with Gasteiger partial charge in [-0.2, -0.15) is 0 Å². The molecule has 1 heterocycles. The fourth-order valence-electron chi connectivity index (χ4n) is 2.66. The average Bonchev–Trinajstić information content (AvgIpc) is 3.01. The molecule has 0 radical (unpaired) electrons. The van der Waals surface area contributed by atoms with E-state index in [2.05, 4.69) is 12.2 Å². The second kappa shape index (κ2) is 4.78. The number of nitrogens with one attached hydrogen (secondary N) is 1. The number of carboxylic acids is 1. The molecule has 2 rings (SSSR count). The third-order valence-corrected chi connectivity index (χ3v) is 4.54. The van der Waals surface area contributed by atoms with Gasteiger partial charge in [0.2, 0.25) is 0 Å². The Balaban J connectivity index is 1.82. The summed E-state index contributed by atoms with van der Waals surface area (Å²) in [7, 11) is 0. The Bertz CT molecular complexity index is 352. The van der Waals surface area contributed by atoms with E-state index in [0.29, 0.717) is 18.5 Å². The van der Waals surface area contributed by atoms with Crippen LogP contribution in [-0.2, 0) is 4.79 Å². The zero-order valence-corrected chi connectivity index (χ0v) is 11.1. The first-order valence-electron chi connectivity index (χ1n) is 6.73. The van der Waals surface area contributed by atoms with Crippen LogP contribution in [0.25, 0.3) is 0 Å². The predicted molar refractivity (Wildman–Crippen MR) is 67.2 cm³/mol. The van der Waals surface area contributed by atoms with Crippen molar-refractivity contribution in [2.75, 3.05) is 19.6 Å². The molecule has 0 aromatic rings. The number of carbonyl (C=O) groups excluding carboxylic acids is 1. The van der Waals surface area contributed by atoms with Crippen LogP contribution in [0.3, 0.4) is 0 Å².